The number of carbonyl (C=O) groups is 5. The number of fused-ring (bicyclic) bond motifs is 1. The lowest BCUT2D eigenvalue weighted by molar-refractivity contribution is -0.134. The van der Waals surface area contributed by atoms with Gasteiger partial charge in [0.25, 0.3) is 0 Å². The zero-order valence-corrected chi connectivity index (χ0v) is 23.0. The largest absolute Gasteiger partial charge is 0.465 e. The number of anilines is 2. The first-order chi connectivity index (χ1) is 17.9. The van der Waals surface area contributed by atoms with E-state index >= 15 is 0 Å². The summed E-state index contributed by atoms with van der Waals surface area (Å²) < 4.78 is 0. The Morgan fingerprint density at radius 2 is 1.95 bits per heavy atom. The van der Waals surface area contributed by atoms with Crippen molar-refractivity contribution in [3.63, 3.8) is 0 Å². The Kier molecular flexibility index (Phi) is 11.4. The molecule has 0 spiro atoms. The summed E-state index contributed by atoms with van der Waals surface area (Å²) in [7, 11) is 0. The first-order valence-corrected chi connectivity index (χ1v) is 13.3. The molecule has 2 rings (SSSR count). The zero-order valence-electron chi connectivity index (χ0n) is 22.3. The molecular formula is C26H38ClN5O6. The van der Waals surface area contributed by atoms with Crippen LogP contribution in [0, 0.1) is 5.92 Å². The van der Waals surface area contributed by atoms with Crippen LogP contribution < -0.4 is 26.6 Å². The molecule has 38 heavy (non-hydrogen) atoms. The number of para-hydroxylation sites is 1. The van der Waals surface area contributed by atoms with Crippen molar-refractivity contribution in [2.45, 2.75) is 83.8 Å². The number of alkyl halides is 1. The third-order valence-electron chi connectivity index (χ3n) is 6.23. The van der Waals surface area contributed by atoms with Crippen molar-refractivity contribution in [2.75, 3.05) is 16.5 Å². The van der Waals surface area contributed by atoms with Gasteiger partial charge in [0.1, 0.15) is 17.6 Å². The van der Waals surface area contributed by atoms with Crippen LogP contribution in [-0.2, 0) is 25.6 Å². The monoisotopic (exact) mass is 551 g/mol. The highest BCUT2D eigenvalue weighted by molar-refractivity contribution is 6.18. The van der Waals surface area contributed by atoms with E-state index in [0.717, 1.165) is 5.56 Å². The van der Waals surface area contributed by atoms with Crippen LogP contribution in [0.1, 0.15) is 65.4 Å². The van der Waals surface area contributed by atoms with E-state index in [1.54, 1.807) is 18.2 Å². The van der Waals surface area contributed by atoms with Crippen LogP contribution >= 0.6 is 11.6 Å². The molecule has 210 valence electrons. The van der Waals surface area contributed by atoms with Gasteiger partial charge in [0.05, 0.1) is 11.4 Å². The van der Waals surface area contributed by atoms with Crippen molar-refractivity contribution < 1.29 is 29.1 Å². The Balaban J connectivity index is 2.17. The lowest BCUT2D eigenvalue weighted by Gasteiger charge is -2.32. The van der Waals surface area contributed by atoms with Gasteiger partial charge < -0.3 is 31.7 Å². The molecule has 3 atom stereocenters. The highest BCUT2D eigenvalue weighted by Gasteiger charge is 2.38. The number of hydrogen-bond acceptors (Lipinski definition) is 5. The predicted octanol–water partition coefficient (Wildman–Crippen LogP) is 2.98. The molecule has 11 nitrogen and oxygen atoms in total. The van der Waals surface area contributed by atoms with E-state index in [2.05, 4.69) is 26.6 Å². The van der Waals surface area contributed by atoms with Crippen molar-refractivity contribution in [1.82, 2.24) is 16.0 Å². The van der Waals surface area contributed by atoms with Gasteiger partial charge in [-0.1, -0.05) is 39.3 Å². The Labute approximate surface area is 227 Å². The topological polar surface area (TPSA) is 166 Å². The first kappa shape index (κ1) is 30.9. The summed E-state index contributed by atoms with van der Waals surface area (Å²) in [5, 5.41) is 22.4. The van der Waals surface area contributed by atoms with Gasteiger partial charge in [0.15, 0.2) is 0 Å². The molecule has 1 aromatic carbocycles. The number of nitrogens with one attached hydrogen (secondary N) is 5. The van der Waals surface area contributed by atoms with E-state index in [0.29, 0.717) is 30.1 Å². The van der Waals surface area contributed by atoms with Crippen LogP contribution in [0.2, 0.25) is 0 Å². The van der Waals surface area contributed by atoms with E-state index in [9.17, 15) is 29.1 Å². The van der Waals surface area contributed by atoms with Crippen LogP contribution in [0.5, 0.6) is 0 Å². The third-order valence-corrected chi connectivity index (χ3v) is 6.50. The maximum absolute atomic E-state index is 13.2. The standard InChI is InChI=1S/C26H38ClN5O6/c1-5-11-26(4,32-25(37)38)24(36)30-18(13-15(2)3)22(34)29-19-14-16-8-6-9-17(21(16)31-23(19)35)28-20(33)10-7-12-27/h6,8-9,15,18-19,32H,5,7,10-14H2,1-4H3,(H,28,33)(H,29,34)(H,30,36)(H,31,35)(H,37,38)/t18-,19?,26?/m1/s1. The number of halogens is 1. The molecule has 0 fully saturated rings. The molecule has 5 amide bonds. The molecule has 0 saturated heterocycles. The zero-order chi connectivity index (χ0) is 28.5. The molecule has 0 radical (unpaired) electrons. The highest BCUT2D eigenvalue weighted by atomic mass is 35.5. The van der Waals surface area contributed by atoms with Crippen molar-refractivity contribution in [1.29, 1.82) is 0 Å². The van der Waals surface area contributed by atoms with Crippen molar-refractivity contribution >= 4 is 52.7 Å². The minimum atomic E-state index is -1.41. The molecule has 12 heteroatoms. The molecule has 1 aliphatic heterocycles. The average Bonchev–Trinajstić information content (AvgIpc) is 2.82. The van der Waals surface area contributed by atoms with Crippen LogP contribution in [0.4, 0.5) is 16.2 Å². The molecule has 1 heterocycles. The fourth-order valence-corrected chi connectivity index (χ4v) is 4.50. The second kappa shape index (κ2) is 14.0. The summed E-state index contributed by atoms with van der Waals surface area (Å²) in [4.78, 5) is 62.7. The molecular weight excluding hydrogens is 514 g/mol. The number of amides is 5. The highest BCUT2D eigenvalue weighted by Crippen LogP contribution is 2.31. The summed E-state index contributed by atoms with van der Waals surface area (Å²) >= 11 is 5.65. The van der Waals surface area contributed by atoms with Gasteiger partial charge in [0, 0.05) is 18.7 Å². The van der Waals surface area contributed by atoms with Gasteiger partial charge in [-0.15, -0.1) is 11.6 Å². The van der Waals surface area contributed by atoms with Gasteiger partial charge in [-0.25, -0.2) is 4.79 Å². The molecule has 2 unspecified atom stereocenters. The molecule has 1 aliphatic rings. The normalized spacial score (nSPS) is 16.9. The number of carbonyl (C=O) groups excluding carboxylic acids is 4. The minimum Gasteiger partial charge on any atom is -0.465 e. The average molecular weight is 552 g/mol. The summed E-state index contributed by atoms with van der Waals surface area (Å²) in [6.07, 6.45) is 0.706. The summed E-state index contributed by atoms with van der Waals surface area (Å²) in [6, 6.07) is 3.35. The van der Waals surface area contributed by atoms with Gasteiger partial charge in [-0.3, -0.25) is 19.2 Å². The summed E-state index contributed by atoms with van der Waals surface area (Å²) in [5.41, 5.74) is 0.258. The Hall–Kier alpha value is -3.34. The quantitative estimate of drug-likeness (QED) is 0.206. The molecule has 0 bridgehead atoms. The second-order valence-electron chi connectivity index (χ2n) is 10.1. The minimum absolute atomic E-state index is 0.0294. The van der Waals surface area contributed by atoms with Crippen LogP contribution in [0.15, 0.2) is 18.2 Å². The van der Waals surface area contributed by atoms with Gasteiger partial charge in [-0.05, 0) is 43.7 Å². The molecule has 1 aromatic rings. The smallest absolute Gasteiger partial charge is 0.405 e. The maximum Gasteiger partial charge on any atom is 0.405 e. The molecule has 0 aliphatic carbocycles. The van der Waals surface area contributed by atoms with Crippen molar-refractivity contribution in [3.05, 3.63) is 23.8 Å². The van der Waals surface area contributed by atoms with Crippen molar-refractivity contribution in [2.24, 2.45) is 5.92 Å². The third kappa shape index (κ3) is 8.61. The van der Waals surface area contributed by atoms with Gasteiger partial charge in [0.2, 0.25) is 23.6 Å². The van der Waals surface area contributed by atoms with E-state index in [1.807, 2.05) is 20.8 Å². The summed E-state index contributed by atoms with van der Waals surface area (Å²) in [5.74, 6) is -1.44. The second-order valence-corrected chi connectivity index (χ2v) is 10.5. The lowest BCUT2D eigenvalue weighted by Crippen LogP contribution is -2.61. The van der Waals surface area contributed by atoms with E-state index in [4.69, 9.17) is 11.6 Å². The Morgan fingerprint density at radius 3 is 2.55 bits per heavy atom. The van der Waals surface area contributed by atoms with Crippen LogP contribution in [0.3, 0.4) is 0 Å². The Morgan fingerprint density at radius 1 is 1.24 bits per heavy atom. The van der Waals surface area contributed by atoms with Crippen molar-refractivity contribution in [3.8, 4) is 0 Å². The predicted molar refractivity (Wildman–Crippen MR) is 145 cm³/mol. The number of rotatable bonds is 13. The maximum atomic E-state index is 13.2. The van der Waals surface area contributed by atoms with Crippen LogP contribution in [0.25, 0.3) is 0 Å². The molecule has 0 saturated carbocycles. The van der Waals surface area contributed by atoms with E-state index in [1.165, 1.54) is 6.92 Å². The molecule has 6 N–H and O–H groups in total. The number of hydrogen-bond donors (Lipinski definition) is 6. The van der Waals surface area contributed by atoms with Crippen LogP contribution in [-0.4, -0.2) is 58.3 Å². The lowest BCUT2D eigenvalue weighted by atomic mass is 9.93. The van der Waals surface area contributed by atoms with E-state index < -0.39 is 41.4 Å². The fourth-order valence-electron chi connectivity index (χ4n) is 4.36. The molecule has 0 aromatic heterocycles. The van der Waals surface area contributed by atoms with E-state index in [-0.39, 0.29) is 37.5 Å². The Bertz CT molecular complexity index is 1050. The van der Waals surface area contributed by atoms with Gasteiger partial charge in [-0.2, -0.15) is 0 Å². The number of benzene rings is 1. The van der Waals surface area contributed by atoms with Gasteiger partial charge >= 0.3 is 6.09 Å². The number of carboxylic acid groups (broad SMARTS) is 1. The fraction of sp³-hybridized carbons (Fsp3) is 0.577. The SMILES string of the molecule is CCCC(C)(NC(=O)O)C(=O)N[C@H](CC(C)C)C(=O)NC1Cc2cccc(NC(=O)CCCCl)c2NC1=O. The summed E-state index contributed by atoms with van der Waals surface area (Å²) in [6.45, 7) is 7.07. The first-order valence-electron chi connectivity index (χ1n) is 12.8.